The van der Waals surface area contributed by atoms with Crippen LogP contribution in [-0.4, -0.2) is 32.3 Å². The molecule has 1 atom stereocenters. The Labute approximate surface area is 107 Å². The van der Waals surface area contributed by atoms with Gasteiger partial charge in [0.25, 0.3) is 0 Å². The summed E-state index contributed by atoms with van der Waals surface area (Å²) in [6, 6.07) is 7.56. The average molecular weight is 249 g/mol. The Kier molecular flexibility index (Phi) is 4.59. The summed E-state index contributed by atoms with van der Waals surface area (Å²) in [5, 5.41) is 2.91. The van der Waals surface area contributed by atoms with E-state index in [9.17, 15) is 4.79 Å². The Morgan fingerprint density at radius 2 is 2.44 bits per heavy atom. The second-order valence-corrected chi connectivity index (χ2v) is 4.47. The lowest BCUT2D eigenvalue weighted by Crippen LogP contribution is -2.32. The standard InChI is InChI=1S/C14H19NO3/c1-17-12-5-2-4-11(8-12)9-14(16)15-10-13-6-3-7-18-13/h2,4-5,8,13H,3,6-7,9-10H2,1H3,(H,15,16)/t13-/m1/s1. The smallest absolute Gasteiger partial charge is 0.224 e. The fraction of sp³-hybridized carbons (Fsp3) is 0.500. The molecule has 0 bridgehead atoms. The Hall–Kier alpha value is -1.55. The van der Waals surface area contributed by atoms with Crippen LogP contribution in [0.15, 0.2) is 24.3 Å². The SMILES string of the molecule is COc1cccc(CC(=O)NC[C@H]2CCCO2)c1. The van der Waals surface area contributed by atoms with E-state index in [2.05, 4.69) is 5.32 Å². The number of amides is 1. The molecular weight excluding hydrogens is 230 g/mol. The maximum absolute atomic E-state index is 11.8. The summed E-state index contributed by atoms with van der Waals surface area (Å²) in [6.45, 7) is 1.43. The Morgan fingerprint density at radius 1 is 1.56 bits per heavy atom. The zero-order valence-corrected chi connectivity index (χ0v) is 10.6. The molecule has 0 aromatic heterocycles. The first-order valence-corrected chi connectivity index (χ1v) is 6.29. The maximum atomic E-state index is 11.8. The van der Waals surface area contributed by atoms with Crippen molar-refractivity contribution in [3.05, 3.63) is 29.8 Å². The molecule has 1 N–H and O–H groups in total. The predicted molar refractivity (Wildman–Crippen MR) is 68.7 cm³/mol. The number of carbonyl (C=O) groups excluding carboxylic acids is 1. The van der Waals surface area contributed by atoms with Crippen molar-refractivity contribution in [1.82, 2.24) is 5.32 Å². The van der Waals surface area contributed by atoms with Gasteiger partial charge in [-0.3, -0.25) is 4.79 Å². The molecule has 1 aromatic rings. The van der Waals surface area contributed by atoms with Crippen LogP contribution in [0, 0.1) is 0 Å². The van der Waals surface area contributed by atoms with E-state index in [0.29, 0.717) is 13.0 Å². The monoisotopic (exact) mass is 249 g/mol. The van der Waals surface area contributed by atoms with E-state index in [1.165, 1.54) is 0 Å². The molecule has 4 nitrogen and oxygen atoms in total. The summed E-state index contributed by atoms with van der Waals surface area (Å²) in [5.41, 5.74) is 0.958. The van der Waals surface area contributed by atoms with Crippen LogP contribution in [-0.2, 0) is 16.0 Å². The lowest BCUT2D eigenvalue weighted by atomic mass is 10.1. The maximum Gasteiger partial charge on any atom is 0.224 e. The van der Waals surface area contributed by atoms with E-state index in [1.54, 1.807) is 7.11 Å². The van der Waals surface area contributed by atoms with Gasteiger partial charge in [-0.2, -0.15) is 0 Å². The molecule has 1 heterocycles. The number of hydrogen-bond acceptors (Lipinski definition) is 3. The van der Waals surface area contributed by atoms with Crippen LogP contribution >= 0.6 is 0 Å². The van der Waals surface area contributed by atoms with Crippen molar-refractivity contribution in [2.45, 2.75) is 25.4 Å². The highest BCUT2D eigenvalue weighted by Crippen LogP contribution is 2.13. The average Bonchev–Trinajstić information content (AvgIpc) is 2.90. The zero-order valence-electron chi connectivity index (χ0n) is 10.6. The van der Waals surface area contributed by atoms with Crippen molar-refractivity contribution in [1.29, 1.82) is 0 Å². The molecule has 98 valence electrons. The van der Waals surface area contributed by atoms with Crippen LogP contribution in [0.4, 0.5) is 0 Å². The molecule has 1 aliphatic rings. The van der Waals surface area contributed by atoms with Crippen molar-refractivity contribution < 1.29 is 14.3 Å². The Bertz CT molecular complexity index is 400. The van der Waals surface area contributed by atoms with Crippen molar-refractivity contribution in [3.8, 4) is 5.75 Å². The minimum absolute atomic E-state index is 0.0266. The number of hydrogen-bond donors (Lipinski definition) is 1. The third-order valence-electron chi connectivity index (χ3n) is 3.05. The van der Waals surface area contributed by atoms with Gasteiger partial charge in [0.2, 0.25) is 5.91 Å². The number of ether oxygens (including phenoxy) is 2. The zero-order chi connectivity index (χ0) is 12.8. The predicted octanol–water partition coefficient (Wildman–Crippen LogP) is 1.53. The third kappa shape index (κ3) is 3.74. The van der Waals surface area contributed by atoms with Crippen molar-refractivity contribution >= 4 is 5.91 Å². The Morgan fingerprint density at radius 3 is 3.17 bits per heavy atom. The van der Waals surface area contributed by atoms with Crippen LogP contribution in [0.1, 0.15) is 18.4 Å². The van der Waals surface area contributed by atoms with Gasteiger partial charge in [-0.05, 0) is 30.5 Å². The minimum atomic E-state index is 0.0266. The van der Waals surface area contributed by atoms with Gasteiger partial charge in [-0.1, -0.05) is 12.1 Å². The molecule has 4 heteroatoms. The molecular formula is C14H19NO3. The quantitative estimate of drug-likeness (QED) is 0.861. The Balaban J connectivity index is 1.78. The summed E-state index contributed by atoms with van der Waals surface area (Å²) in [7, 11) is 1.62. The molecule has 0 radical (unpaired) electrons. The molecule has 0 aliphatic carbocycles. The summed E-state index contributed by atoms with van der Waals surface area (Å²) in [6.07, 6.45) is 2.71. The van der Waals surface area contributed by atoms with Crippen LogP contribution < -0.4 is 10.1 Å². The summed E-state index contributed by atoms with van der Waals surface area (Å²) < 4.78 is 10.6. The molecule has 0 saturated carbocycles. The van der Waals surface area contributed by atoms with Crippen molar-refractivity contribution in [2.75, 3.05) is 20.3 Å². The molecule has 18 heavy (non-hydrogen) atoms. The van der Waals surface area contributed by atoms with Crippen LogP contribution in [0.3, 0.4) is 0 Å². The fourth-order valence-corrected chi connectivity index (χ4v) is 2.06. The number of carbonyl (C=O) groups is 1. The number of rotatable bonds is 5. The van der Waals surface area contributed by atoms with E-state index in [0.717, 1.165) is 30.8 Å². The molecule has 1 saturated heterocycles. The molecule has 1 fully saturated rings. The number of nitrogens with one attached hydrogen (secondary N) is 1. The number of methoxy groups -OCH3 is 1. The van der Waals surface area contributed by atoms with Gasteiger partial charge in [0, 0.05) is 13.2 Å². The highest BCUT2D eigenvalue weighted by Gasteiger charge is 2.16. The van der Waals surface area contributed by atoms with Gasteiger partial charge < -0.3 is 14.8 Å². The van der Waals surface area contributed by atoms with Crippen LogP contribution in [0.25, 0.3) is 0 Å². The van der Waals surface area contributed by atoms with Gasteiger partial charge in [0.05, 0.1) is 19.6 Å². The van der Waals surface area contributed by atoms with E-state index in [4.69, 9.17) is 9.47 Å². The molecule has 2 rings (SSSR count). The van der Waals surface area contributed by atoms with Gasteiger partial charge >= 0.3 is 0 Å². The van der Waals surface area contributed by atoms with Crippen molar-refractivity contribution in [2.24, 2.45) is 0 Å². The first-order valence-electron chi connectivity index (χ1n) is 6.29. The first kappa shape index (κ1) is 12.9. The minimum Gasteiger partial charge on any atom is -0.497 e. The molecule has 0 spiro atoms. The lowest BCUT2D eigenvalue weighted by Gasteiger charge is -2.11. The van der Waals surface area contributed by atoms with E-state index < -0.39 is 0 Å². The second kappa shape index (κ2) is 6.40. The lowest BCUT2D eigenvalue weighted by molar-refractivity contribution is -0.120. The van der Waals surface area contributed by atoms with Gasteiger partial charge in [0.15, 0.2) is 0 Å². The molecule has 0 unspecified atom stereocenters. The first-order chi connectivity index (χ1) is 8.78. The summed E-state index contributed by atoms with van der Waals surface area (Å²) in [5.74, 6) is 0.804. The van der Waals surface area contributed by atoms with Crippen LogP contribution in [0.5, 0.6) is 5.75 Å². The highest BCUT2D eigenvalue weighted by atomic mass is 16.5. The molecule has 1 amide bonds. The van der Waals surface area contributed by atoms with E-state index >= 15 is 0 Å². The molecule has 1 aliphatic heterocycles. The van der Waals surface area contributed by atoms with Crippen molar-refractivity contribution in [3.63, 3.8) is 0 Å². The number of benzene rings is 1. The van der Waals surface area contributed by atoms with Crippen LogP contribution in [0.2, 0.25) is 0 Å². The second-order valence-electron chi connectivity index (χ2n) is 4.47. The summed E-state index contributed by atoms with van der Waals surface area (Å²) in [4.78, 5) is 11.8. The van der Waals surface area contributed by atoms with Gasteiger partial charge in [0.1, 0.15) is 5.75 Å². The highest BCUT2D eigenvalue weighted by molar-refractivity contribution is 5.78. The van der Waals surface area contributed by atoms with E-state index in [1.807, 2.05) is 24.3 Å². The molecule has 1 aromatic carbocycles. The largest absolute Gasteiger partial charge is 0.497 e. The third-order valence-corrected chi connectivity index (χ3v) is 3.05. The van der Waals surface area contributed by atoms with E-state index in [-0.39, 0.29) is 12.0 Å². The topological polar surface area (TPSA) is 47.6 Å². The fourth-order valence-electron chi connectivity index (χ4n) is 2.06. The summed E-state index contributed by atoms with van der Waals surface area (Å²) >= 11 is 0. The van der Waals surface area contributed by atoms with Gasteiger partial charge in [-0.15, -0.1) is 0 Å². The van der Waals surface area contributed by atoms with Gasteiger partial charge in [-0.25, -0.2) is 0 Å². The normalized spacial score (nSPS) is 18.6.